The number of thioether (sulfide) groups is 1. The van der Waals surface area contributed by atoms with Gasteiger partial charge in [-0.25, -0.2) is 0 Å². The van der Waals surface area contributed by atoms with E-state index in [0.29, 0.717) is 6.54 Å². The van der Waals surface area contributed by atoms with E-state index in [1.807, 2.05) is 30.1 Å². The molecular weight excluding hydrogens is 312 g/mol. The zero-order valence-electron chi connectivity index (χ0n) is 13.2. The predicted molar refractivity (Wildman–Crippen MR) is 101 cm³/mol. The third-order valence-electron chi connectivity index (χ3n) is 4.23. The summed E-state index contributed by atoms with van der Waals surface area (Å²) in [6, 6.07) is 23.2. The maximum absolute atomic E-state index is 5.71. The van der Waals surface area contributed by atoms with Crippen LogP contribution in [-0.2, 0) is 6.54 Å². The van der Waals surface area contributed by atoms with Gasteiger partial charge < -0.3 is 5.73 Å². The van der Waals surface area contributed by atoms with E-state index in [4.69, 9.17) is 5.73 Å². The SMILES string of the molecule is NCc1ccc(C2C=C(c3ccccc3)c3ncccc3S2)cc1. The summed E-state index contributed by atoms with van der Waals surface area (Å²) in [5.74, 6) is 0. The van der Waals surface area contributed by atoms with Crippen LogP contribution < -0.4 is 5.73 Å². The van der Waals surface area contributed by atoms with Crippen LogP contribution in [0.3, 0.4) is 0 Å². The zero-order valence-corrected chi connectivity index (χ0v) is 14.0. The molecule has 2 aromatic carbocycles. The molecule has 1 atom stereocenters. The molecule has 0 fully saturated rings. The number of fused-ring (bicyclic) bond motifs is 1. The second-order valence-electron chi connectivity index (χ2n) is 5.78. The summed E-state index contributed by atoms with van der Waals surface area (Å²) >= 11 is 1.85. The zero-order chi connectivity index (χ0) is 16.4. The van der Waals surface area contributed by atoms with Crippen molar-refractivity contribution in [3.05, 3.63) is 101 Å². The highest BCUT2D eigenvalue weighted by Crippen LogP contribution is 2.46. The quantitative estimate of drug-likeness (QED) is 0.748. The molecule has 118 valence electrons. The number of aromatic nitrogens is 1. The van der Waals surface area contributed by atoms with Crippen LogP contribution in [0.1, 0.15) is 27.6 Å². The Kier molecular flexibility index (Phi) is 4.20. The van der Waals surface area contributed by atoms with E-state index < -0.39 is 0 Å². The lowest BCUT2D eigenvalue weighted by Crippen LogP contribution is -2.04. The second kappa shape index (κ2) is 6.63. The molecule has 1 unspecified atom stereocenters. The van der Waals surface area contributed by atoms with Crippen LogP contribution in [0.5, 0.6) is 0 Å². The molecule has 1 aromatic heterocycles. The Bertz CT molecular complexity index is 870. The van der Waals surface area contributed by atoms with Gasteiger partial charge in [0.25, 0.3) is 0 Å². The van der Waals surface area contributed by atoms with Crippen LogP contribution in [0.25, 0.3) is 5.57 Å². The van der Waals surface area contributed by atoms with Crippen molar-refractivity contribution in [3.63, 3.8) is 0 Å². The molecule has 3 aromatic rings. The van der Waals surface area contributed by atoms with Gasteiger partial charge in [0.15, 0.2) is 0 Å². The Balaban J connectivity index is 1.80. The van der Waals surface area contributed by atoms with Gasteiger partial charge in [0.1, 0.15) is 0 Å². The highest BCUT2D eigenvalue weighted by atomic mass is 32.2. The van der Waals surface area contributed by atoms with Gasteiger partial charge in [-0.05, 0) is 28.8 Å². The van der Waals surface area contributed by atoms with Crippen LogP contribution in [-0.4, -0.2) is 4.98 Å². The smallest absolute Gasteiger partial charge is 0.0841 e. The molecular formula is C21H18N2S. The number of nitrogens with two attached hydrogens (primary N) is 1. The largest absolute Gasteiger partial charge is 0.326 e. The molecule has 0 amide bonds. The highest BCUT2D eigenvalue weighted by molar-refractivity contribution is 7.99. The van der Waals surface area contributed by atoms with E-state index in [9.17, 15) is 0 Å². The molecule has 0 saturated heterocycles. The van der Waals surface area contributed by atoms with E-state index in [1.165, 1.54) is 21.6 Å². The van der Waals surface area contributed by atoms with Crippen molar-refractivity contribution in [2.75, 3.05) is 0 Å². The lowest BCUT2D eigenvalue weighted by atomic mass is 9.98. The molecule has 0 saturated carbocycles. The maximum atomic E-state index is 5.71. The molecule has 0 aliphatic carbocycles. The highest BCUT2D eigenvalue weighted by Gasteiger charge is 2.23. The van der Waals surface area contributed by atoms with Gasteiger partial charge in [0, 0.05) is 23.2 Å². The second-order valence-corrected chi connectivity index (χ2v) is 6.96. The average Bonchev–Trinajstić information content (AvgIpc) is 2.68. The van der Waals surface area contributed by atoms with E-state index in [-0.39, 0.29) is 5.25 Å². The minimum atomic E-state index is 0.281. The van der Waals surface area contributed by atoms with Crippen molar-refractivity contribution in [3.8, 4) is 0 Å². The Morgan fingerprint density at radius 1 is 0.917 bits per heavy atom. The minimum Gasteiger partial charge on any atom is -0.326 e. The first-order valence-corrected chi connectivity index (χ1v) is 8.91. The third kappa shape index (κ3) is 2.88. The predicted octanol–water partition coefficient (Wildman–Crippen LogP) is 4.82. The van der Waals surface area contributed by atoms with Crippen LogP contribution in [0.4, 0.5) is 0 Å². The van der Waals surface area contributed by atoms with Gasteiger partial charge in [-0.3, -0.25) is 4.98 Å². The van der Waals surface area contributed by atoms with Crippen molar-refractivity contribution in [1.29, 1.82) is 0 Å². The Morgan fingerprint density at radius 3 is 2.46 bits per heavy atom. The van der Waals surface area contributed by atoms with Crippen molar-refractivity contribution >= 4 is 17.3 Å². The topological polar surface area (TPSA) is 38.9 Å². The Morgan fingerprint density at radius 2 is 1.71 bits per heavy atom. The van der Waals surface area contributed by atoms with Gasteiger partial charge in [0.05, 0.1) is 10.9 Å². The summed E-state index contributed by atoms with van der Waals surface area (Å²) in [4.78, 5) is 5.86. The third-order valence-corrected chi connectivity index (χ3v) is 5.47. The molecule has 2 nitrogen and oxygen atoms in total. The van der Waals surface area contributed by atoms with E-state index in [1.54, 1.807) is 0 Å². The van der Waals surface area contributed by atoms with Gasteiger partial charge in [-0.2, -0.15) is 0 Å². The van der Waals surface area contributed by atoms with E-state index >= 15 is 0 Å². The number of benzene rings is 2. The molecule has 4 rings (SSSR count). The number of hydrogen-bond acceptors (Lipinski definition) is 3. The van der Waals surface area contributed by atoms with Crippen LogP contribution in [0, 0.1) is 0 Å². The summed E-state index contributed by atoms with van der Waals surface area (Å²) in [5, 5.41) is 0.281. The molecule has 24 heavy (non-hydrogen) atoms. The number of pyridine rings is 1. The first-order chi connectivity index (χ1) is 11.8. The number of rotatable bonds is 3. The lowest BCUT2D eigenvalue weighted by Gasteiger charge is -2.23. The maximum Gasteiger partial charge on any atom is 0.0841 e. The van der Waals surface area contributed by atoms with Gasteiger partial charge in [-0.1, -0.05) is 60.7 Å². The fourth-order valence-corrected chi connectivity index (χ4v) is 4.15. The Labute approximate surface area is 146 Å². The number of nitrogens with zero attached hydrogens (tertiary/aromatic N) is 1. The summed E-state index contributed by atoms with van der Waals surface area (Å²) in [6.45, 7) is 0.579. The van der Waals surface area contributed by atoms with Crippen molar-refractivity contribution < 1.29 is 0 Å². The van der Waals surface area contributed by atoms with Gasteiger partial charge in [0.2, 0.25) is 0 Å². The van der Waals surface area contributed by atoms with Crippen molar-refractivity contribution in [1.82, 2.24) is 4.98 Å². The molecule has 2 heterocycles. The summed E-state index contributed by atoms with van der Waals surface area (Å²) < 4.78 is 0. The molecule has 2 N–H and O–H groups in total. The lowest BCUT2D eigenvalue weighted by molar-refractivity contribution is 1.06. The standard InChI is InChI=1S/C21H18N2S/c22-14-15-8-10-17(11-9-15)20-13-18(16-5-2-1-3-6-16)21-19(24-20)7-4-12-23-21/h1-13,20H,14,22H2. The normalized spacial score (nSPS) is 16.4. The summed E-state index contributed by atoms with van der Waals surface area (Å²) in [6.07, 6.45) is 4.19. The number of hydrogen-bond donors (Lipinski definition) is 1. The minimum absolute atomic E-state index is 0.281. The fraction of sp³-hybridized carbons (Fsp3) is 0.0952. The van der Waals surface area contributed by atoms with Crippen LogP contribution in [0.2, 0.25) is 0 Å². The van der Waals surface area contributed by atoms with Crippen molar-refractivity contribution in [2.24, 2.45) is 5.73 Å². The fourth-order valence-electron chi connectivity index (χ4n) is 2.95. The summed E-state index contributed by atoms with van der Waals surface area (Å²) in [7, 11) is 0. The van der Waals surface area contributed by atoms with Gasteiger partial charge in [-0.15, -0.1) is 11.8 Å². The molecule has 0 radical (unpaired) electrons. The summed E-state index contributed by atoms with van der Waals surface area (Å²) in [5.41, 5.74) is 11.7. The van der Waals surface area contributed by atoms with E-state index in [0.717, 1.165) is 11.3 Å². The van der Waals surface area contributed by atoms with Gasteiger partial charge >= 0.3 is 0 Å². The molecule has 3 heteroatoms. The van der Waals surface area contributed by atoms with Crippen LogP contribution in [0.15, 0.2) is 83.9 Å². The molecule has 1 aliphatic heterocycles. The molecule has 0 bridgehead atoms. The average molecular weight is 330 g/mol. The molecule has 0 spiro atoms. The van der Waals surface area contributed by atoms with Crippen LogP contribution >= 0.6 is 11.8 Å². The van der Waals surface area contributed by atoms with Crippen molar-refractivity contribution in [2.45, 2.75) is 16.7 Å². The van der Waals surface area contributed by atoms with E-state index in [2.05, 4.69) is 65.7 Å². The first kappa shape index (κ1) is 15.2. The molecule has 1 aliphatic rings. The Hall–Kier alpha value is -2.36. The monoisotopic (exact) mass is 330 g/mol. The first-order valence-electron chi connectivity index (χ1n) is 8.03.